The van der Waals surface area contributed by atoms with E-state index in [0.717, 1.165) is 28.3 Å². The van der Waals surface area contributed by atoms with E-state index in [-0.39, 0.29) is 39.2 Å². The zero-order valence-electron chi connectivity index (χ0n) is 20.7. The lowest BCUT2D eigenvalue weighted by Gasteiger charge is -2.34. The molecule has 0 spiro atoms. The average Bonchev–Trinajstić information content (AvgIpc) is 3.26. The number of rotatable bonds is 8. The number of primary amides is 1. The second-order valence-corrected chi connectivity index (χ2v) is 10.4. The number of hydrogen-bond donors (Lipinski definition) is 4. The summed E-state index contributed by atoms with van der Waals surface area (Å²) in [6, 6.07) is 10.4. The number of carbonyl (C=O) groups is 1. The number of nitrogens with one attached hydrogen (secondary N) is 1. The van der Waals surface area contributed by atoms with Crippen LogP contribution >= 0.6 is 11.3 Å². The highest BCUT2D eigenvalue weighted by Gasteiger charge is 2.37. The molecule has 1 aromatic carbocycles. The molecule has 0 saturated carbocycles. The highest BCUT2D eigenvalue weighted by Crippen LogP contribution is 2.43. The van der Waals surface area contributed by atoms with Crippen LogP contribution in [0.1, 0.15) is 28.1 Å². The number of carbonyl (C=O) groups excluding carboxylic acids is 1. The third kappa shape index (κ3) is 5.84. The van der Waals surface area contributed by atoms with Crippen molar-refractivity contribution in [3.8, 4) is 5.75 Å². The summed E-state index contributed by atoms with van der Waals surface area (Å²) >= 11 is 0.763. The fourth-order valence-corrected chi connectivity index (χ4v) is 5.65. The Balaban J connectivity index is 1.17. The topological polar surface area (TPSA) is 140 Å². The van der Waals surface area contributed by atoms with Gasteiger partial charge < -0.3 is 31.5 Å². The van der Waals surface area contributed by atoms with E-state index in [4.69, 9.17) is 16.2 Å². The van der Waals surface area contributed by atoms with Crippen LogP contribution in [-0.2, 0) is 6.18 Å². The highest BCUT2D eigenvalue weighted by atomic mass is 32.1. The standard InChI is InChI=1S/C26H27F3N6O3S/c27-26(28,29)18-11-20(34-25-21(18)22(30)23(39-25)24(31)37)35-8-5-15(6-9-35)33-12-16(36)13-38-17-3-4-19-14(10-17)2-1-7-32-19/h1-4,7,10-11,15-16,33,36H,5-6,8-9,12-13,30H2,(H2,31,37)/t16-/m1/s1. The number of aliphatic hydroxyl groups excluding tert-OH is 1. The van der Waals surface area contributed by atoms with Gasteiger partial charge in [0.25, 0.3) is 5.91 Å². The van der Waals surface area contributed by atoms with Crippen LogP contribution in [0.4, 0.5) is 24.7 Å². The lowest BCUT2D eigenvalue weighted by atomic mass is 10.0. The predicted molar refractivity (Wildman–Crippen MR) is 144 cm³/mol. The van der Waals surface area contributed by atoms with Crippen molar-refractivity contribution in [3.63, 3.8) is 0 Å². The van der Waals surface area contributed by atoms with Gasteiger partial charge in [-0.2, -0.15) is 13.2 Å². The Kier molecular flexibility index (Phi) is 7.47. The van der Waals surface area contributed by atoms with Crippen LogP contribution in [-0.4, -0.2) is 59.4 Å². The van der Waals surface area contributed by atoms with Gasteiger partial charge in [-0.1, -0.05) is 6.07 Å². The van der Waals surface area contributed by atoms with Crippen molar-refractivity contribution in [2.45, 2.75) is 31.2 Å². The van der Waals surface area contributed by atoms with Gasteiger partial charge >= 0.3 is 6.18 Å². The van der Waals surface area contributed by atoms with E-state index in [1.165, 1.54) is 0 Å². The number of nitrogens with two attached hydrogens (primary N) is 2. The van der Waals surface area contributed by atoms with Gasteiger partial charge in [-0.05, 0) is 43.2 Å². The minimum Gasteiger partial charge on any atom is -0.491 e. The van der Waals surface area contributed by atoms with Crippen LogP contribution in [0.2, 0.25) is 0 Å². The number of alkyl halides is 3. The normalized spacial score (nSPS) is 15.6. The second kappa shape index (κ2) is 10.8. The summed E-state index contributed by atoms with van der Waals surface area (Å²) < 4.78 is 47.3. The lowest BCUT2D eigenvalue weighted by Crippen LogP contribution is -2.45. The maximum Gasteiger partial charge on any atom is 0.417 e. The number of fused-ring (bicyclic) bond motifs is 2. The molecule has 9 nitrogen and oxygen atoms in total. The number of benzene rings is 1. The number of aliphatic hydroxyl groups is 1. The Morgan fingerprint density at radius 3 is 2.74 bits per heavy atom. The van der Waals surface area contributed by atoms with Crippen molar-refractivity contribution < 1.29 is 27.8 Å². The number of anilines is 2. The highest BCUT2D eigenvalue weighted by molar-refractivity contribution is 7.21. The van der Waals surface area contributed by atoms with E-state index >= 15 is 0 Å². The van der Waals surface area contributed by atoms with E-state index < -0.39 is 23.8 Å². The quantitative estimate of drug-likeness (QED) is 0.257. The molecule has 3 aromatic heterocycles. The number of thiophene rings is 1. The Labute approximate surface area is 225 Å². The molecule has 206 valence electrons. The zero-order valence-corrected chi connectivity index (χ0v) is 21.6. The molecule has 0 unspecified atom stereocenters. The first-order chi connectivity index (χ1) is 18.6. The number of ether oxygens (including phenoxy) is 1. The lowest BCUT2D eigenvalue weighted by molar-refractivity contribution is -0.136. The maximum absolute atomic E-state index is 13.9. The maximum atomic E-state index is 13.9. The van der Waals surface area contributed by atoms with Crippen LogP contribution in [0.15, 0.2) is 42.6 Å². The van der Waals surface area contributed by atoms with Gasteiger partial charge in [0.15, 0.2) is 0 Å². The van der Waals surface area contributed by atoms with Gasteiger partial charge in [0.05, 0.1) is 16.8 Å². The summed E-state index contributed by atoms with van der Waals surface area (Å²) in [4.78, 5) is 22.0. The van der Waals surface area contributed by atoms with Crippen molar-refractivity contribution in [2.24, 2.45) is 5.73 Å². The van der Waals surface area contributed by atoms with Crippen LogP contribution in [0, 0.1) is 0 Å². The minimum absolute atomic E-state index is 0.0252. The third-order valence-corrected chi connectivity index (χ3v) is 7.81. The van der Waals surface area contributed by atoms with Gasteiger partial charge in [-0.25, -0.2) is 4.98 Å². The average molecular weight is 561 g/mol. The Morgan fingerprint density at radius 2 is 2.03 bits per heavy atom. The van der Waals surface area contributed by atoms with Crippen LogP contribution in [0.25, 0.3) is 21.1 Å². The molecule has 1 atom stereocenters. The summed E-state index contributed by atoms with van der Waals surface area (Å²) in [7, 11) is 0. The van der Waals surface area contributed by atoms with Crippen LogP contribution < -0.4 is 26.4 Å². The number of aromatic nitrogens is 2. The van der Waals surface area contributed by atoms with E-state index in [2.05, 4.69) is 15.3 Å². The van der Waals surface area contributed by atoms with E-state index in [9.17, 15) is 23.1 Å². The van der Waals surface area contributed by atoms with Gasteiger partial charge in [-0.15, -0.1) is 11.3 Å². The fraction of sp³-hybridized carbons (Fsp3) is 0.346. The molecular weight excluding hydrogens is 533 g/mol. The van der Waals surface area contributed by atoms with Crippen molar-refractivity contribution in [2.75, 3.05) is 36.9 Å². The first-order valence-corrected chi connectivity index (χ1v) is 13.2. The van der Waals surface area contributed by atoms with Crippen molar-refractivity contribution in [1.82, 2.24) is 15.3 Å². The number of nitrogen functional groups attached to an aromatic ring is 1. The Morgan fingerprint density at radius 1 is 1.26 bits per heavy atom. The third-order valence-electron chi connectivity index (χ3n) is 6.69. The number of piperidine rings is 1. The molecule has 5 rings (SSSR count). The fourth-order valence-electron chi connectivity index (χ4n) is 4.69. The molecule has 1 aliphatic rings. The van der Waals surface area contributed by atoms with Gasteiger partial charge in [-0.3, -0.25) is 9.78 Å². The largest absolute Gasteiger partial charge is 0.491 e. The first-order valence-electron chi connectivity index (χ1n) is 12.3. The second-order valence-electron chi connectivity index (χ2n) is 9.41. The minimum atomic E-state index is -4.68. The number of nitrogens with zero attached hydrogens (tertiary/aromatic N) is 3. The summed E-state index contributed by atoms with van der Waals surface area (Å²) in [5, 5.41) is 14.4. The molecule has 0 bridgehead atoms. The number of hydrogen-bond acceptors (Lipinski definition) is 9. The first kappa shape index (κ1) is 26.9. The summed E-state index contributed by atoms with van der Waals surface area (Å²) in [5.74, 6) is -0.0789. The molecule has 1 aliphatic heterocycles. The summed E-state index contributed by atoms with van der Waals surface area (Å²) in [6.45, 7) is 1.36. The number of amides is 1. The molecule has 39 heavy (non-hydrogen) atoms. The van der Waals surface area contributed by atoms with Gasteiger partial charge in [0, 0.05) is 42.6 Å². The molecule has 1 saturated heterocycles. The summed E-state index contributed by atoms with van der Waals surface area (Å²) in [5.41, 5.74) is 10.8. The molecule has 4 aromatic rings. The van der Waals surface area contributed by atoms with Crippen molar-refractivity contribution in [1.29, 1.82) is 0 Å². The number of pyridine rings is 2. The molecule has 6 N–H and O–H groups in total. The van der Waals surface area contributed by atoms with Crippen molar-refractivity contribution in [3.05, 3.63) is 53.0 Å². The Hall–Kier alpha value is -3.68. The van der Waals surface area contributed by atoms with E-state index in [1.54, 1.807) is 17.2 Å². The van der Waals surface area contributed by atoms with Gasteiger partial charge in [0.2, 0.25) is 0 Å². The zero-order chi connectivity index (χ0) is 27.7. The van der Waals surface area contributed by atoms with Crippen LogP contribution in [0.5, 0.6) is 5.75 Å². The monoisotopic (exact) mass is 560 g/mol. The molecule has 1 amide bonds. The molecular formula is C26H27F3N6O3S. The van der Waals surface area contributed by atoms with Gasteiger partial charge in [0.1, 0.15) is 34.0 Å². The predicted octanol–water partition coefficient (Wildman–Crippen LogP) is 3.54. The van der Waals surface area contributed by atoms with E-state index in [1.807, 2.05) is 24.3 Å². The van der Waals surface area contributed by atoms with Crippen LogP contribution in [0.3, 0.4) is 0 Å². The number of halogens is 3. The molecule has 1 fully saturated rings. The van der Waals surface area contributed by atoms with Crippen molar-refractivity contribution >= 4 is 49.9 Å². The van der Waals surface area contributed by atoms with E-state index in [0.29, 0.717) is 38.2 Å². The molecule has 0 radical (unpaired) electrons. The Bertz CT molecular complexity index is 1500. The smallest absolute Gasteiger partial charge is 0.417 e. The molecule has 4 heterocycles. The SMILES string of the molecule is NC(=O)c1sc2nc(N3CCC(NC[C@@H](O)COc4ccc5ncccc5c4)CC3)cc(C(F)(F)F)c2c1N. The molecule has 0 aliphatic carbocycles. The summed E-state index contributed by atoms with van der Waals surface area (Å²) in [6.07, 6.45) is -2.41. The molecule has 13 heteroatoms.